The van der Waals surface area contributed by atoms with Crippen LogP contribution in [0.25, 0.3) is 0 Å². The fourth-order valence-electron chi connectivity index (χ4n) is 2.23. The van der Waals surface area contributed by atoms with Gasteiger partial charge in [0.15, 0.2) is 0 Å². The second kappa shape index (κ2) is 8.84. The molecule has 2 aromatic rings. The summed E-state index contributed by atoms with van der Waals surface area (Å²) in [7, 11) is 0. The predicted molar refractivity (Wildman–Crippen MR) is 95.5 cm³/mol. The Morgan fingerprint density at radius 3 is 2.17 bits per heavy atom. The van der Waals surface area contributed by atoms with E-state index in [-0.39, 0.29) is 11.8 Å². The van der Waals surface area contributed by atoms with Crippen LogP contribution >= 0.6 is 0 Å². The number of nitrogens with two attached hydrogens (primary N) is 1. The van der Waals surface area contributed by atoms with Gasteiger partial charge in [-0.1, -0.05) is 31.2 Å². The Bertz CT molecular complexity index is 679. The summed E-state index contributed by atoms with van der Waals surface area (Å²) in [6, 6.07) is 14.7. The van der Waals surface area contributed by atoms with Crippen molar-refractivity contribution < 1.29 is 9.59 Å². The number of carbonyl (C=O) groups excluding carboxylic acids is 2. The lowest BCUT2D eigenvalue weighted by Crippen LogP contribution is -2.22. The van der Waals surface area contributed by atoms with Gasteiger partial charge >= 0.3 is 0 Å². The lowest BCUT2D eigenvalue weighted by atomic mass is 10.1. The van der Waals surface area contributed by atoms with Gasteiger partial charge in [0.1, 0.15) is 0 Å². The second-order valence-electron chi connectivity index (χ2n) is 5.58. The molecule has 2 amide bonds. The minimum Gasteiger partial charge on any atom is -0.348 e. The van der Waals surface area contributed by atoms with Crippen LogP contribution in [-0.2, 0) is 17.9 Å². The van der Waals surface area contributed by atoms with Crippen LogP contribution in [0.15, 0.2) is 48.5 Å². The topological polar surface area (TPSA) is 84.2 Å². The molecule has 0 aliphatic heterocycles. The highest BCUT2D eigenvalue weighted by Gasteiger charge is 2.05. The molecule has 0 aliphatic carbocycles. The van der Waals surface area contributed by atoms with Gasteiger partial charge in [-0.15, -0.1) is 0 Å². The number of benzene rings is 2. The smallest absolute Gasteiger partial charge is 0.251 e. The van der Waals surface area contributed by atoms with Crippen LogP contribution in [0.4, 0.5) is 5.69 Å². The minimum absolute atomic E-state index is 0.0134. The molecule has 0 saturated heterocycles. The van der Waals surface area contributed by atoms with Crippen molar-refractivity contribution in [2.24, 2.45) is 5.73 Å². The zero-order chi connectivity index (χ0) is 17.4. The van der Waals surface area contributed by atoms with Crippen LogP contribution in [0, 0.1) is 0 Å². The Hall–Kier alpha value is -2.66. The van der Waals surface area contributed by atoms with Crippen LogP contribution in [0.3, 0.4) is 0 Å². The fourth-order valence-corrected chi connectivity index (χ4v) is 2.23. The SMILES string of the molecule is CCCC(=O)Nc1ccc(CNC(=O)c2ccc(CN)cc2)cc1. The first kappa shape index (κ1) is 17.7. The molecule has 0 aromatic heterocycles. The maximum absolute atomic E-state index is 12.1. The fraction of sp³-hybridized carbons (Fsp3) is 0.263. The molecule has 0 atom stereocenters. The van der Waals surface area contributed by atoms with Crippen molar-refractivity contribution in [3.63, 3.8) is 0 Å². The molecule has 0 bridgehead atoms. The highest BCUT2D eigenvalue weighted by Crippen LogP contribution is 2.11. The van der Waals surface area contributed by atoms with Gasteiger partial charge in [-0.05, 0) is 41.8 Å². The molecular weight excluding hydrogens is 302 g/mol. The zero-order valence-electron chi connectivity index (χ0n) is 13.8. The molecule has 0 radical (unpaired) electrons. The van der Waals surface area contributed by atoms with Gasteiger partial charge in [-0.3, -0.25) is 9.59 Å². The lowest BCUT2D eigenvalue weighted by molar-refractivity contribution is -0.116. The van der Waals surface area contributed by atoms with Crippen LogP contribution in [-0.4, -0.2) is 11.8 Å². The molecule has 2 aromatic carbocycles. The van der Waals surface area contributed by atoms with Crippen LogP contribution in [0.1, 0.15) is 41.3 Å². The summed E-state index contributed by atoms with van der Waals surface area (Å²) in [5.74, 6) is -0.113. The van der Waals surface area contributed by atoms with E-state index in [2.05, 4.69) is 10.6 Å². The second-order valence-corrected chi connectivity index (χ2v) is 5.58. The average Bonchev–Trinajstić information content (AvgIpc) is 2.61. The van der Waals surface area contributed by atoms with Gasteiger partial charge < -0.3 is 16.4 Å². The van der Waals surface area contributed by atoms with E-state index in [1.165, 1.54) is 0 Å². The normalized spacial score (nSPS) is 10.2. The average molecular weight is 325 g/mol. The Balaban J connectivity index is 1.87. The molecule has 0 spiro atoms. The van der Waals surface area contributed by atoms with Crippen molar-refractivity contribution >= 4 is 17.5 Å². The van der Waals surface area contributed by atoms with Crippen molar-refractivity contribution in [1.29, 1.82) is 0 Å². The molecular formula is C19H23N3O2. The molecule has 0 unspecified atom stereocenters. The molecule has 2 rings (SSSR count). The summed E-state index contributed by atoms with van der Waals surface area (Å²) in [4.78, 5) is 23.6. The third-order valence-corrected chi connectivity index (χ3v) is 3.62. The maximum atomic E-state index is 12.1. The first-order valence-corrected chi connectivity index (χ1v) is 8.08. The number of anilines is 1. The van der Waals surface area contributed by atoms with E-state index >= 15 is 0 Å². The molecule has 5 nitrogen and oxygen atoms in total. The van der Waals surface area contributed by atoms with Crippen molar-refractivity contribution in [3.05, 3.63) is 65.2 Å². The third-order valence-electron chi connectivity index (χ3n) is 3.62. The number of amides is 2. The van der Waals surface area contributed by atoms with Crippen molar-refractivity contribution in [3.8, 4) is 0 Å². The maximum Gasteiger partial charge on any atom is 0.251 e. The Labute approximate surface area is 142 Å². The van der Waals surface area contributed by atoms with Crippen LogP contribution in [0.5, 0.6) is 0 Å². The third kappa shape index (κ3) is 5.21. The largest absolute Gasteiger partial charge is 0.348 e. The van der Waals surface area contributed by atoms with Crippen molar-refractivity contribution in [1.82, 2.24) is 5.32 Å². The Morgan fingerprint density at radius 1 is 0.958 bits per heavy atom. The van der Waals surface area contributed by atoms with E-state index in [0.717, 1.165) is 23.2 Å². The number of carbonyl (C=O) groups is 2. The summed E-state index contributed by atoms with van der Waals surface area (Å²) in [5.41, 5.74) is 8.88. The molecule has 0 fully saturated rings. The lowest BCUT2D eigenvalue weighted by Gasteiger charge is -2.08. The molecule has 126 valence electrons. The molecule has 0 aliphatic rings. The van der Waals surface area contributed by atoms with Gasteiger partial charge in [0.25, 0.3) is 5.91 Å². The van der Waals surface area contributed by atoms with E-state index in [4.69, 9.17) is 5.73 Å². The van der Waals surface area contributed by atoms with Gasteiger partial charge in [-0.2, -0.15) is 0 Å². The summed E-state index contributed by atoms with van der Waals surface area (Å²) < 4.78 is 0. The number of nitrogens with one attached hydrogen (secondary N) is 2. The van der Waals surface area contributed by atoms with E-state index in [0.29, 0.717) is 25.1 Å². The summed E-state index contributed by atoms with van der Waals surface area (Å²) >= 11 is 0. The van der Waals surface area contributed by atoms with Gasteiger partial charge in [-0.25, -0.2) is 0 Å². The predicted octanol–water partition coefficient (Wildman–Crippen LogP) is 2.81. The summed E-state index contributed by atoms with van der Waals surface area (Å²) in [6.45, 7) is 2.86. The minimum atomic E-state index is -0.126. The Kier molecular flexibility index (Phi) is 6.51. The highest BCUT2D eigenvalue weighted by molar-refractivity contribution is 5.94. The highest BCUT2D eigenvalue weighted by atomic mass is 16.2. The van der Waals surface area contributed by atoms with Crippen molar-refractivity contribution in [2.45, 2.75) is 32.9 Å². The van der Waals surface area contributed by atoms with Crippen LogP contribution in [0.2, 0.25) is 0 Å². The first-order valence-electron chi connectivity index (χ1n) is 8.08. The summed E-state index contributed by atoms with van der Waals surface area (Å²) in [5, 5.41) is 5.71. The first-order chi connectivity index (χ1) is 11.6. The monoisotopic (exact) mass is 325 g/mol. The van der Waals surface area contributed by atoms with Crippen molar-refractivity contribution in [2.75, 3.05) is 5.32 Å². The molecule has 5 heteroatoms. The molecule has 0 heterocycles. The number of rotatable bonds is 7. The zero-order valence-corrected chi connectivity index (χ0v) is 13.8. The van der Waals surface area contributed by atoms with Gasteiger partial charge in [0.2, 0.25) is 5.91 Å². The quantitative estimate of drug-likeness (QED) is 0.732. The van der Waals surface area contributed by atoms with Gasteiger partial charge in [0, 0.05) is 30.8 Å². The Morgan fingerprint density at radius 2 is 1.58 bits per heavy atom. The molecule has 24 heavy (non-hydrogen) atoms. The van der Waals surface area contributed by atoms with Gasteiger partial charge in [0.05, 0.1) is 0 Å². The van der Waals surface area contributed by atoms with E-state index in [1.54, 1.807) is 12.1 Å². The molecule has 0 saturated carbocycles. The van der Waals surface area contributed by atoms with Crippen LogP contribution < -0.4 is 16.4 Å². The summed E-state index contributed by atoms with van der Waals surface area (Å²) in [6.07, 6.45) is 1.34. The standard InChI is InChI=1S/C19H23N3O2/c1-2-3-18(23)22-17-10-6-15(7-11-17)13-21-19(24)16-8-4-14(12-20)5-9-16/h4-11H,2-3,12-13,20H2,1H3,(H,21,24)(H,22,23). The molecule has 4 N–H and O–H groups in total. The number of hydrogen-bond donors (Lipinski definition) is 3. The van der Waals surface area contributed by atoms with E-state index in [1.807, 2.05) is 43.3 Å². The number of hydrogen-bond acceptors (Lipinski definition) is 3. The van der Waals surface area contributed by atoms with E-state index < -0.39 is 0 Å². The van der Waals surface area contributed by atoms with E-state index in [9.17, 15) is 9.59 Å².